The molecule has 9 heteroatoms. The first-order valence-electron chi connectivity index (χ1n) is 10.5. The zero-order valence-electron chi connectivity index (χ0n) is 17.7. The van der Waals surface area contributed by atoms with Crippen LogP contribution < -0.4 is 4.72 Å². The average molecular weight is 488 g/mol. The van der Waals surface area contributed by atoms with Crippen LogP contribution in [-0.2, 0) is 16.6 Å². The molecule has 0 radical (unpaired) electrons. The van der Waals surface area contributed by atoms with Gasteiger partial charge in [0.1, 0.15) is 5.82 Å². The van der Waals surface area contributed by atoms with Crippen LogP contribution in [0.15, 0.2) is 77.7 Å². The molecule has 3 aromatic carbocycles. The summed E-state index contributed by atoms with van der Waals surface area (Å²) in [6.45, 7) is 3.27. The smallest absolute Gasteiger partial charge is 0.261 e. The number of nitrogens with one attached hydrogen (secondary N) is 1. The van der Waals surface area contributed by atoms with Crippen molar-refractivity contribution in [2.45, 2.75) is 11.4 Å². The van der Waals surface area contributed by atoms with Gasteiger partial charge in [0.05, 0.1) is 15.5 Å². The number of carbonyl (C=O) groups excluding carboxylic acids is 1. The maximum Gasteiger partial charge on any atom is 0.261 e. The normalized spacial score (nSPS) is 14.8. The lowest BCUT2D eigenvalue weighted by atomic mass is 10.1. The number of piperazine rings is 1. The van der Waals surface area contributed by atoms with Crippen molar-refractivity contribution in [2.24, 2.45) is 0 Å². The number of sulfonamides is 1. The molecular weight excluding hydrogens is 465 g/mol. The average Bonchev–Trinajstić information content (AvgIpc) is 2.81. The SMILES string of the molecule is O=C(c1cc(S(=O)(=O)Nc2ccc(F)cc2)ccc1Cl)N1CCN(Cc2ccccc2)CC1. The monoisotopic (exact) mass is 487 g/mol. The summed E-state index contributed by atoms with van der Waals surface area (Å²) in [6, 6.07) is 19.1. The standard InChI is InChI=1S/C24H23ClFN3O3S/c25-23-11-10-21(33(31,32)27-20-8-6-19(26)7-9-20)16-22(23)24(30)29-14-12-28(13-15-29)17-18-4-2-1-3-5-18/h1-11,16,27H,12-15,17H2. The van der Waals surface area contributed by atoms with E-state index in [2.05, 4.69) is 21.8 Å². The summed E-state index contributed by atoms with van der Waals surface area (Å²) in [5.74, 6) is -0.778. The lowest BCUT2D eigenvalue weighted by Crippen LogP contribution is -2.48. The van der Waals surface area contributed by atoms with Gasteiger partial charge in [0.15, 0.2) is 0 Å². The van der Waals surface area contributed by atoms with Gasteiger partial charge < -0.3 is 4.90 Å². The van der Waals surface area contributed by atoms with E-state index in [0.29, 0.717) is 26.2 Å². The second-order valence-electron chi connectivity index (χ2n) is 7.81. The summed E-state index contributed by atoms with van der Waals surface area (Å²) in [4.78, 5) is 17.0. The molecule has 0 unspecified atom stereocenters. The Bertz CT molecular complexity index is 1230. The summed E-state index contributed by atoms with van der Waals surface area (Å²) < 4.78 is 41.1. The predicted molar refractivity (Wildman–Crippen MR) is 126 cm³/mol. The highest BCUT2D eigenvalue weighted by molar-refractivity contribution is 7.92. The first-order chi connectivity index (χ1) is 15.8. The molecule has 1 aliphatic heterocycles. The van der Waals surface area contributed by atoms with Gasteiger partial charge in [0.2, 0.25) is 0 Å². The second-order valence-corrected chi connectivity index (χ2v) is 9.90. The fourth-order valence-electron chi connectivity index (χ4n) is 3.69. The molecule has 6 nitrogen and oxygen atoms in total. The third-order valence-electron chi connectivity index (χ3n) is 5.48. The fourth-order valence-corrected chi connectivity index (χ4v) is 4.97. The molecule has 33 heavy (non-hydrogen) atoms. The zero-order chi connectivity index (χ0) is 23.4. The molecule has 0 aromatic heterocycles. The van der Waals surface area contributed by atoms with Crippen molar-refractivity contribution < 1.29 is 17.6 Å². The minimum absolute atomic E-state index is 0.0951. The molecule has 0 aliphatic carbocycles. The van der Waals surface area contributed by atoms with E-state index >= 15 is 0 Å². The molecule has 1 fully saturated rings. The van der Waals surface area contributed by atoms with Crippen molar-refractivity contribution >= 4 is 33.2 Å². The summed E-state index contributed by atoms with van der Waals surface area (Å²) in [6.07, 6.45) is 0. The van der Waals surface area contributed by atoms with Crippen molar-refractivity contribution in [1.82, 2.24) is 9.80 Å². The van der Waals surface area contributed by atoms with E-state index in [1.54, 1.807) is 4.90 Å². The van der Waals surface area contributed by atoms with Crippen LogP contribution in [0.4, 0.5) is 10.1 Å². The number of anilines is 1. The maximum absolute atomic E-state index is 13.1. The molecule has 172 valence electrons. The summed E-state index contributed by atoms with van der Waals surface area (Å²) >= 11 is 6.26. The molecule has 4 rings (SSSR count). The van der Waals surface area contributed by atoms with Crippen LogP contribution in [0.25, 0.3) is 0 Å². The number of amides is 1. The van der Waals surface area contributed by atoms with Gasteiger partial charge in [0.25, 0.3) is 15.9 Å². The minimum atomic E-state index is -3.98. The van der Waals surface area contributed by atoms with Crippen LogP contribution >= 0.6 is 11.6 Å². The Morgan fingerprint density at radius 1 is 0.939 bits per heavy atom. The molecule has 1 aliphatic rings. The van der Waals surface area contributed by atoms with Crippen molar-refractivity contribution in [3.8, 4) is 0 Å². The molecule has 1 saturated heterocycles. The Labute approximate surface area is 197 Å². The van der Waals surface area contributed by atoms with Crippen LogP contribution in [0.1, 0.15) is 15.9 Å². The molecule has 1 N–H and O–H groups in total. The van der Waals surface area contributed by atoms with Crippen LogP contribution in [0.3, 0.4) is 0 Å². The summed E-state index contributed by atoms with van der Waals surface area (Å²) in [5.41, 5.74) is 1.57. The molecule has 3 aromatic rings. The summed E-state index contributed by atoms with van der Waals surface area (Å²) in [5, 5.41) is 0.187. The number of hydrogen-bond acceptors (Lipinski definition) is 4. The van der Waals surface area contributed by atoms with Gasteiger partial charge in [-0.15, -0.1) is 0 Å². The van der Waals surface area contributed by atoms with E-state index < -0.39 is 15.8 Å². The molecule has 1 amide bonds. The maximum atomic E-state index is 13.1. The Morgan fingerprint density at radius 3 is 2.27 bits per heavy atom. The molecule has 0 spiro atoms. The third kappa shape index (κ3) is 5.71. The second kappa shape index (κ2) is 9.91. The largest absolute Gasteiger partial charge is 0.336 e. The highest BCUT2D eigenvalue weighted by atomic mass is 35.5. The van der Waals surface area contributed by atoms with Gasteiger partial charge in [-0.25, -0.2) is 12.8 Å². The van der Waals surface area contributed by atoms with Crippen LogP contribution in [0.5, 0.6) is 0 Å². The van der Waals surface area contributed by atoms with Gasteiger partial charge in [-0.1, -0.05) is 41.9 Å². The van der Waals surface area contributed by atoms with E-state index in [-0.39, 0.29) is 27.1 Å². The van der Waals surface area contributed by atoms with E-state index in [4.69, 9.17) is 11.6 Å². The molecular formula is C24H23ClFN3O3S. The van der Waals surface area contributed by atoms with Crippen molar-refractivity contribution in [3.63, 3.8) is 0 Å². The van der Waals surface area contributed by atoms with E-state index in [0.717, 1.165) is 18.7 Å². The molecule has 0 bridgehead atoms. The van der Waals surface area contributed by atoms with Crippen molar-refractivity contribution in [3.05, 3.63) is 94.8 Å². The van der Waals surface area contributed by atoms with Gasteiger partial charge in [-0.05, 0) is 48.0 Å². The Morgan fingerprint density at radius 2 is 1.61 bits per heavy atom. The Kier molecular flexibility index (Phi) is 6.97. The van der Waals surface area contributed by atoms with E-state index in [1.165, 1.54) is 35.9 Å². The highest BCUT2D eigenvalue weighted by Crippen LogP contribution is 2.24. The van der Waals surface area contributed by atoms with Crippen molar-refractivity contribution in [2.75, 3.05) is 30.9 Å². The van der Waals surface area contributed by atoms with Crippen molar-refractivity contribution in [1.29, 1.82) is 0 Å². The zero-order valence-corrected chi connectivity index (χ0v) is 19.3. The number of carbonyl (C=O) groups is 1. The molecule has 0 atom stereocenters. The van der Waals surface area contributed by atoms with Gasteiger partial charge in [0, 0.05) is 38.4 Å². The highest BCUT2D eigenvalue weighted by Gasteiger charge is 2.25. The molecule has 0 saturated carbocycles. The topological polar surface area (TPSA) is 69.7 Å². The van der Waals surface area contributed by atoms with Crippen LogP contribution in [0.2, 0.25) is 5.02 Å². The first kappa shape index (κ1) is 23.2. The Hall–Kier alpha value is -2.94. The molecule has 1 heterocycles. The van der Waals surface area contributed by atoms with Gasteiger partial charge in [-0.2, -0.15) is 0 Å². The number of hydrogen-bond donors (Lipinski definition) is 1. The van der Waals surface area contributed by atoms with E-state index in [9.17, 15) is 17.6 Å². The number of nitrogens with zero attached hydrogens (tertiary/aromatic N) is 2. The Balaban J connectivity index is 1.45. The summed E-state index contributed by atoms with van der Waals surface area (Å²) in [7, 11) is -3.98. The lowest BCUT2D eigenvalue weighted by Gasteiger charge is -2.35. The number of halogens is 2. The van der Waals surface area contributed by atoms with Gasteiger partial charge in [-0.3, -0.25) is 14.4 Å². The third-order valence-corrected chi connectivity index (χ3v) is 7.19. The quantitative estimate of drug-likeness (QED) is 0.564. The number of benzene rings is 3. The lowest BCUT2D eigenvalue weighted by molar-refractivity contribution is 0.0628. The minimum Gasteiger partial charge on any atom is -0.336 e. The predicted octanol–water partition coefficient (Wildman–Crippen LogP) is 4.24. The van der Waals surface area contributed by atoms with Crippen LogP contribution in [0, 0.1) is 5.82 Å². The fraction of sp³-hybridized carbons (Fsp3) is 0.208. The van der Waals surface area contributed by atoms with Gasteiger partial charge >= 0.3 is 0 Å². The first-order valence-corrected chi connectivity index (χ1v) is 12.3. The van der Waals surface area contributed by atoms with Crippen LogP contribution in [-0.4, -0.2) is 50.3 Å². The number of rotatable bonds is 6. The van der Waals surface area contributed by atoms with E-state index in [1.807, 2.05) is 18.2 Å².